The number of benzene rings is 2. The van der Waals surface area contributed by atoms with Crippen LogP contribution < -0.4 is 5.32 Å². The second-order valence-corrected chi connectivity index (χ2v) is 10.0. The van der Waals surface area contributed by atoms with Crippen molar-refractivity contribution < 1.29 is 23.7 Å². The maximum Gasteiger partial charge on any atom is 0.471 e. The fraction of sp³-hybridized carbons (Fsp3) is 0.148. The standard InChI is InChI=1S/C27H26N5O5P/c1-31(2)11-5-10-26(33)30-23-9-4-7-20(13-23)22-14-24-25(21-8-3-6-19(12-21)15-28)17-32(27(24)29-16-22)18-37-38(34,35)36/h3-10,12-14,16-17H,11,18H2,1-2H3,(H,30,33)(H2,34,35,36). The Morgan fingerprint density at radius 3 is 2.66 bits per heavy atom. The molecular formula is C27H26N5O5P. The van der Waals surface area contributed by atoms with Crippen molar-refractivity contribution in [1.82, 2.24) is 14.5 Å². The van der Waals surface area contributed by atoms with E-state index in [0.717, 1.165) is 22.3 Å². The summed E-state index contributed by atoms with van der Waals surface area (Å²) in [5.41, 5.74) is 4.59. The molecule has 0 aliphatic heterocycles. The highest BCUT2D eigenvalue weighted by atomic mass is 31.2. The van der Waals surface area contributed by atoms with Crippen molar-refractivity contribution in [3.05, 3.63) is 84.7 Å². The third-order valence-electron chi connectivity index (χ3n) is 5.58. The molecule has 11 heteroatoms. The quantitative estimate of drug-likeness (QED) is 0.214. The zero-order chi connectivity index (χ0) is 27.3. The predicted molar refractivity (Wildman–Crippen MR) is 145 cm³/mol. The summed E-state index contributed by atoms with van der Waals surface area (Å²) in [6.07, 6.45) is 6.60. The van der Waals surface area contributed by atoms with Gasteiger partial charge in [-0.2, -0.15) is 5.26 Å². The molecular weight excluding hydrogens is 505 g/mol. The molecule has 4 rings (SSSR count). The van der Waals surface area contributed by atoms with E-state index in [1.807, 2.05) is 49.3 Å². The number of nitriles is 1. The average molecular weight is 532 g/mol. The molecule has 1 amide bonds. The molecule has 0 aliphatic rings. The van der Waals surface area contributed by atoms with E-state index in [2.05, 4.69) is 16.4 Å². The van der Waals surface area contributed by atoms with E-state index < -0.39 is 14.6 Å². The molecule has 3 N–H and O–H groups in total. The van der Waals surface area contributed by atoms with Gasteiger partial charge in [-0.1, -0.05) is 30.3 Å². The van der Waals surface area contributed by atoms with E-state index in [0.29, 0.717) is 28.8 Å². The van der Waals surface area contributed by atoms with Crippen molar-refractivity contribution in [2.75, 3.05) is 26.0 Å². The van der Waals surface area contributed by atoms with Crippen LogP contribution in [0.2, 0.25) is 0 Å². The Bertz CT molecular complexity index is 1600. The third-order valence-corrected chi connectivity index (χ3v) is 6.04. The molecule has 0 saturated carbocycles. The Balaban J connectivity index is 1.72. The fourth-order valence-corrected chi connectivity index (χ4v) is 4.16. The number of hydrogen-bond donors (Lipinski definition) is 3. The van der Waals surface area contributed by atoms with E-state index in [1.54, 1.807) is 42.7 Å². The Morgan fingerprint density at radius 2 is 1.92 bits per heavy atom. The number of phosphoric ester groups is 1. The number of anilines is 1. The molecule has 0 spiro atoms. The summed E-state index contributed by atoms with van der Waals surface area (Å²) in [4.78, 5) is 37.1. The summed E-state index contributed by atoms with van der Waals surface area (Å²) in [6, 6.07) is 18.4. The van der Waals surface area contributed by atoms with Gasteiger partial charge in [-0.15, -0.1) is 0 Å². The molecule has 38 heavy (non-hydrogen) atoms. The van der Waals surface area contributed by atoms with Gasteiger partial charge in [-0.05, 0) is 55.6 Å². The van der Waals surface area contributed by atoms with Crippen LogP contribution in [0.3, 0.4) is 0 Å². The molecule has 0 radical (unpaired) electrons. The lowest BCUT2D eigenvalue weighted by molar-refractivity contribution is -0.111. The number of likely N-dealkylation sites (N-methyl/N-ethyl adjacent to an activating group) is 1. The number of hydrogen-bond acceptors (Lipinski definition) is 6. The topological polar surface area (TPSA) is 141 Å². The molecule has 10 nitrogen and oxygen atoms in total. The van der Waals surface area contributed by atoms with Gasteiger partial charge in [0.25, 0.3) is 0 Å². The number of carbonyl (C=O) groups is 1. The third kappa shape index (κ3) is 6.81. The van der Waals surface area contributed by atoms with Gasteiger partial charge in [-0.3, -0.25) is 9.32 Å². The van der Waals surface area contributed by atoms with Crippen LogP contribution in [0, 0.1) is 11.3 Å². The van der Waals surface area contributed by atoms with Crippen LogP contribution in [0.15, 0.2) is 79.1 Å². The Kier molecular flexibility index (Phi) is 8.17. The number of aromatic nitrogens is 2. The second-order valence-electron chi connectivity index (χ2n) is 8.78. The zero-order valence-electron chi connectivity index (χ0n) is 20.8. The van der Waals surface area contributed by atoms with Gasteiger partial charge in [0.05, 0.1) is 11.6 Å². The summed E-state index contributed by atoms with van der Waals surface area (Å²) in [5, 5.41) is 12.9. The van der Waals surface area contributed by atoms with Crippen LogP contribution in [0.5, 0.6) is 0 Å². The van der Waals surface area contributed by atoms with E-state index in [1.165, 1.54) is 10.6 Å². The van der Waals surface area contributed by atoms with Gasteiger partial charge in [-0.25, -0.2) is 9.55 Å². The van der Waals surface area contributed by atoms with Crippen LogP contribution in [-0.2, 0) is 20.6 Å². The normalized spacial score (nSPS) is 11.8. The van der Waals surface area contributed by atoms with E-state index >= 15 is 0 Å². The molecule has 4 aromatic rings. The number of carbonyl (C=O) groups excluding carboxylic acids is 1. The van der Waals surface area contributed by atoms with Gasteiger partial charge < -0.3 is 24.6 Å². The molecule has 0 aliphatic carbocycles. The van der Waals surface area contributed by atoms with Crippen molar-refractivity contribution >= 4 is 30.5 Å². The largest absolute Gasteiger partial charge is 0.471 e. The van der Waals surface area contributed by atoms with Gasteiger partial charge >= 0.3 is 7.82 Å². The SMILES string of the molecule is CN(C)CC=CC(=O)Nc1cccc(-c2cnc3c(c2)c(-c2cccc(C#N)c2)cn3COP(=O)(O)O)c1. The number of rotatable bonds is 9. The lowest BCUT2D eigenvalue weighted by atomic mass is 10.0. The van der Waals surface area contributed by atoms with Crippen LogP contribution in [0.25, 0.3) is 33.3 Å². The maximum absolute atomic E-state index is 12.3. The monoisotopic (exact) mass is 531 g/mol. The van der Waals surface area contributed by atoms with E-state index in [9.17, 15) is 24.4 Å². The first-order chi connectivity index (χ1) is 18.1. The minimum atomic E-state index is -4.70. The predicted octanol–water partition coefficient (Wildman–Crippen LogP) is 4.37. The van der Waals surface area contributed by atoms with Crippen LogP contribution in [-0.4, -0.2) is 50.8 Å². The van der Waals surface area contributed by atoms with Crippen molar-refractivity contribution in [2.24, 2.45) is 0 Å². The molecule has 0 bridgehead atoms. The van der Waals surface area contributed by atoms with Crippen molar-refractivity contribution in [3.63, 3.8) is 0 Å². The first-order valence-corrected chi connectivity index (χ1v) is 13.1. The minimum Gasteiger partial charge on any atom is -0.323 e. The maximum atomic E-state index is 12.3. The average Bonchev–Trinajstić information content (AvgIpc) is 3.25. The van der Waals surface area contributed by atoms with Crippen LogP contribution >= 0.6 is 7.82 Å². The highest BCUT2D eigenvalue weighted by Crippen LogP contribution is 2.38. The molecule has 2 aromatic heterocycles. The molecule has 0 saturated heterocycles. The van der Waals surface area contributed by atoms with Crippen LogP contribution in [0.1, 0.15) is 5.56 Å². The number of nitrogens with one attached hydrogen (secondary N) is 1. The number of amides is 1. The lowest BCUT2D eigenvalue weighted by Gasteiger charge is -2.09. The van der Waals surface area contributed by atoms with Gasteiger partial charge in [0, 0.05) is 47.2 Å². The van der Waals surface area contributed by atoms with Crippen molar-refractivity contribution in [3.8, 4) is 28.3 Å². The lowest BCUT2D eigenvalue weighted by Crippen LogP contribution is -2.12. The molecule has 2 heterocycles. The highest BCUT2D eigenvalue weighted by Gasteiger charge is 2.18. The number of phosphoric acid groups is 1. The first-order valence-electron chi connectivity index (χ1n) is 11.5. The fourth-order valence-electron chi connectivity index (χ4n) is 3.88. The van der Waals surface area contributed by atoms with Crippen molar-refractivity contribution in [2.45, 2.75) is 6.73 Å². The number of fused-ring (bicyclic) bond motifs is 1. The number of pyridine rings is 1. The summed E-state index contributed by atoms with van der Waals surface area (Å²) in [6.45, 7) is 0.242. The van der Waals surface area contributed by atoms with Gasteiger partial charge in [0.2, 0.25) is 5.91 Å². The first kappa shape index (κ1) is 26.9. The minimum absolute atomic E-state index is 0.237. The smallest absolute Gasteiger partial charge is 0.323 e. The number of nitrogens with zero attached hydrogens (tertiary/aromatic N) is 4. The zero-order valence-corrected chi connectivity index (χ0v) is 21.7. The van der Waals surface area contributed by atoms with Crippen LogP contribution in [0.4, 0.5) is 5.69 Å². The highest BCUT2D eigenvalue weighted by molar-refractivity contribution is 7.46. The Morgan fingerprint density at radius 1 is 1.16 bits per heavy atom. The second kappa shape index (κ2) is 11.5. The Labute approximate surface area is 219 Å². The summed E-state index contributed by atoms with van der Waals surface area (Å²) >= 11 is 0. The summed E-state index contributed by atoms with van der Waals surface area (Å²) in [5.74, 6) is -0.237. The molecule has 194 valence electrons. The molecule has 0 atom stereocenters. The summed E-state index contributed by atoms with van der Waals surface area (Å²) < 4.78 is 17.5. The van der Waals surface area contributed by atoms with E-state index in [-0.39, 0.29) is 5.91 Å². The Hall–Kier alpha value is -4.10. The molecule has 0 fully saturated rings. The summed E-state index contributed by atoms with van der Waals surface area (Å²) in [7, 11) is -0.869. The van der Waals surface area contributed by atoms with Crippen molar-refractivity contribution in [1.29, 1.82) is 5.26 Å². The van der Waals surface area contributed by atoms with Gasteiger partial charge in [0.1, 0.15) is 12.4 Å². The van der Waals surface area contributed by atoms with E-state index in [4.69, 9.17) is 4.52 Å². The molecule has 0 unspecified atom stereocenters. The van der Waals surface area contributed by atoms with Gasteiger partial charge in [0.15, 0.2) is 0 Å². The molecule has 2 aromatic carbocycles.